The van der Waals surface area contributed by atoms with Gasteiger partial charge in [0.15, 0.2) is 8.32 Å². The standard InChI is InChI=1S/C21H32O4Si/c1-17(11-10-14-22)20(24-15-18-12-8-7-9-13-18)19(23)16-25-26(5,6)21(2,3)4/h7-14,19-20,23H,1,15-16H2,2-6H3/b11-10+/t19-,20-/m0/s1. The number of ether oxygens (including phenoxy) is 1. The Bertz CT molecular complexity index is 602. The minimum Gasteiger partial charge on any atom is -0.414 e. The zero-order valence-corrected chi connectivity index (χ0v) is 17.6. The molecule has 0 amide bonds. The summed E-state index contributed by atoms with van der Waals surface area (Å²) < 4.78 is 12.0. The van der Waals surface area contributed by atoms with Crippen LogP contribution >= 0.6 is 0 Å². The van der Waals surface area contributed by atoms with Crippen LogP contribution < -0.4 is 0 Å². The van der Waals surface area contributed by atoms with Crippen LogP contribution in [0.5, 0.6) is 0 Å². The van der Waals surface area contributed by atoms with E-state index in [4.69, 9.17) is 9.16 Å². The third kappa shape index (κ3) is 7.00. The fourth-order valence-electron chi connectivity index (χ4n) is 2.08. The van der Waals surface area contributed by atoms with E-state index in [0.29, 0.717) is 18.5 Å². The maximum atomic E-state index is 10.7. The Hall–Kier alpha value is -1.53. The van der Waals surface area contributed by atoms with Crippen LogP contribution in [0.4, 0.5) is 0 Å². The highest BCUT2D eigenvalue weighted by molar-refractivity contribution is 6.74. The Morgan fingerprint density at radius 3 is 2.42 bits per heavy atom. The third-order valence-electron chi connectivity index (χ3n) is 4.80. The summed E-state index contributed by atoms with van der Waals surface area (Å²) in [5.74, 6) is 0. The van der Waals surface area contributed by atoms with E-state index in [1.165, 1.54) is 6.08 Å². The Kier molecular flexibility index (Phi) is 8.63. The quantitative estimate of drug-likeness (QED) is 0.287. The molecule has 0 saturated carbocycles. The van der Waals surface area contributed by atoms with Crippen LogP contribution in [0.3, 0.4) is 0 Å². The molecule has 144 valence electrons. The lowest BCUT2D eigenvalue weighted by molar-refractivity contribution is -0.104. The summed E-state index contributed by atoms with van der Waals surface area (Å²) in [4.78, 5) is 10.6. The molecular formula is C21H32O4Si. The second kappa shape index (κ2) is 9.97. The highest BCUT2D eigenvalue weighted by atomic mass is 28.4. The van der Waals surface area contributed by atoms with Crippen molar-refractivity contribution in [3.05, 3.63) is 60.2 Å². The van der Waals surface area contributed by atoms with Gasteiger partial charge in [-0.25, -0.2) is 0 Å². The van der Waals surface area contributed by atoms with Crippen molar-refractivity contribution in [1.29, 1.82) is 0 Å². The van der Waals surface area contributed by atoms with Crippen molar-refractivity contribution in [2.75, 3.05) is 6.61 Å². The molecule has 0 unspecified atom stereocenters. The molecule has 2 atom stereocenters. The summed E-state index contributed by atoms with van der Waals surface area (Å²) in [7, 11) is -1.98. The molecule has 0 radical (unpaired) electrons. The van der Waals surface area contributed by atoms with Gasteiger partial charge in [-0.2, -0.15) is 0 Å². The van der Waals surface area contributed by atoms with Crippen LogP contribution in [0, 0.1) is 0 Å². The predicted octanol–water partition coefficient (Wildman–Crippen LogP) is 4.27. The van der Waals surface area contributed by atoms with Gasteiger partial charge < -0.3 is 14.3 Å². The molecule has 0 spiro atoms. The van der Waals surface area contributed by atoms with Gasteiger partial charge in [-0.1, -0.05) is 63.8 Å². The van der Waals surface area contributed by atoms with Crippen LogP contribution in [-0.2, 0) is 20.6 Å². The predicted molar refractivity (Wildman–Crippen MR) is 109 cm³/mol. The zero-order chi connectivity index (χ0) is 19.8. The van der Waals surface area contributed by atoms with E-state index in [1.807, 2.05) is 30.3 Å². The monoisotopic (exact) mass is 376 g/mol. The molecule has 1 N–H and O–H groups in total. The number of carbonyl (C=O) groups is 1. The smallest absolute Gasteiger partial charge is 0.192 e. The van der Waals surface area contributed by atoms with Gasteiger partial charge in [-0.3, -0.25) is 4.79 Å². The van der Waals surface area contributed by atoms with Gasteiger partial charge in [0.25, 0.3) is 0 Å². The molecule has 5 heteroatoms. The van der Waals surface area contributed by atoms with Crippen molar-refractivity contribution >= 4 is 14.6 Å². The number of aldehydes is 1. The van der Waals surface area contributed by atoms with E-state index in [-0.39, 0.29) is 11.6 Å². The highest BCUT2D eigenvalue weighted by Crippen LogP contribution is 2.36. The first-order valence-corrected chi connectivity index (χ1v) is 11.8. The van der Waals surface area contributed by atoms with Crippen molar-refractivity contribution in [1.82, 2.24) is 0 Å². The molecule has 0 bridgehead atoms. The summed E-state index contributed by atoms with van der Waals surface area (Å²) >= 11 is 0. The van der Waals surface area contributed by atoms with Gasteiger partial charge in [0.05, 0.1) is 13.2 Å². The Labute approximate surface area is 158 Å². The average molecular weight is 377 g/mol. The lowest BCUT2D eigenvalue weighted by Crippen LogP contribution is -2.45. The van der Waals surface area contributed by atoms with Crippen molar-refractivity contribution in [2.45, 2.75) is 57.7 Å². The maximum Gasteiger partial charge on any atom is 0.192 e. The van der Waals surface area contributed by atoms with E-state index in [9.17, 15) is 9.90 Å². The maximum absolute atomic E-state index is 10.7. The Morgan fingerprint density at radius 2 is 1.88 bits per heavy atom. The number of allylic oxidation sites excluding steroid dienone is 1. The van der Waals surface area contributed by atoms with Gasteiger partial charge in [0.2, 0.25) is 0 Å². The number of aliphatic hydroxyl groups is 1. The first-order valence-electron chi connectivity index (χ1n) is 8.86. The third-order valence-corrected chi connectivity index (χ3v) is 9.30. The zero-order valence-electron chi connectivity index (χ0n) is 16.6. The molecule has 1 rings (SSSR count). The molecule has 26 heavy (non-hydrogen) atoms. The molecule has 1 aromatic carbocycles. The number of carbonyl (C=O) groups excluding carboxylic acids is 1. The molecule has 0 aliphatic rings. The lowest BCUT2D eigenvalue weighted by Gasteiger charge is -2.37. The molecule has 0 fully saturated rings. The van der Waals surface area contributed by atoms with Crippen LogP contribution in [-0.4, -0.2) is 38.5 Å². The van der Waals surface area contributed by atoms with Gasteiger partial charge >= 0.3 is 0 Å². The summed E-state index contributed by atoms with van der Waals surface area (Å²) in [5.41, 5.74) is 1.54. The van der Waals surface area contributed by atoms with E-state index in [2.05, 4.69) is 40.4 Å². The topological polar surface area (TPSA) is 55.8 Å². The first-order chi connectivity index (χ1) is 12.1. The first kappa shape index (κ1) is 22.5. The second-order valence-corrected chi connectivity index (χ2v) is 12.7. The van der Waals surface area contributed by atoms with Crippen molar-refractivity contribution in [3.63, 3.8) is 0 Å². The number of hydrogen-bond donors (Lipinski definition) is 1. The number of benzene rings is 1. The van der Waals surface area contributed by atoms with Gasteiger partial charge in [-0.05, 0) is 35.3 Å². The van der Waals surface area contributed by atoms with Gasteiger partial charge in [-0.15, -0.1) is 0 Å². The largest absolute Gasteiger partial charge is 0.414 e. The summed E-state index contributed by atoms with van der Waals surface area (Å²) in [5, 5.41) is 10.7. The lowest BCUT2D eigenvalue weighted by atomic mass is 10.1. The van der Waals surface area contributed by atoms with Crippen LogP contribution in [0.15, 0.2) is 54.6 Å². The van der Waals surface area contributed by atoms with Gasteiger partial charge in [0.1, 0.15) is 18.5 Å². The van der Waals surface area contributed by atoms with Gasteiger partial charge in [0, 0.05) is 0 Å². The highest BCUT2D eigenvalue weighted by Gasteiger charge is 2.38. The Morgan fingerprint density at radius 1 is 1.27 bits per heavy atom. The molecule has 4 nitrogen and oxygen atoms in total. The number of aliphatic hydroxyl groups excluding tert-OH is 1. The molecular weight excluding hydrogens is 344 g/mol. The second-order valence-electron chi connectivity index (χ2n) is 7.93. The summed E-state index contributed by atoms with van der Waals surface area (Å²) in [6.45, 7) is 15.2. The van der Waals surface area contributed by atoms with Crippen LogP contribution in [0.2, 0.25) is 18.1 Å². The molecule has 0 saturated heterocycles. The molecule has 1 aromatic rings. The van der Waals surface area contributed by atoms with Crippen molar-refractivity contribution in [2.24, 2.45) is 0 Å². The number of hydrogen-bond acceptors (Lipinski definition) is 4. The van der Waals surface area contributed by atoms with Crippen LogP contribution in [0.1, 0.15) is 26.3 Å². The molecule has 0 aliphatic heterocycles. The van der Waals surface area contributed by atoms with E-state index in [1.54, 1.807) is 6.08 Å². The minimum atomic E-state index is -1.98. The minimum absolute atomic E-state index is 0.0571. The van der Waals surface area contributed by atoms with E-state index >= 15 is 0 Å². The molecule has 0 aromatic heterocycles. The van der Waals surface area contributed by atoms with Crippen molar-refractivity contribution in [3.8, 4) is 0 Å². The van der Waals surface area contributed by atoms with Crippen molar-refractivity contribution < 1.29 is 19.1 Å². The molecule has 0 aliphatic carbocycles. The average Bonchev–Trinajstić information content (AvgIpc) is 2.58. The summed E-state index contributed by atoms with van der Waals surface area (Å²) in [6, 6.07) is 9.73. The number of rotatable bonds is 10. The molecule has 0 heterocycles. The SMILES string of the molecule is C=C(/C=C/C=O)[C@H](OCc1ccccc1)[C@@H](O)CO[Si](C)(C)C(C)(C)C. The normalized spacial score (nSPS) is 15.0. The fraction of sp³-hybridized carbons (Fsp3) is 0.476. The van der Waals surface area contributed by atoms with E-state index < -0.39 is 20.5 Å². The van der Waals surface area contributed by atoms with Crippen LogP contribution in [0.25, 0.3) is 0 Å². The fourth-order valence-corrected chi connectivity index (χ4v) is 3.10. The Balaban J connectivity index is 2.81. The van der Waals surface area contributed by atoms with E-state index in [0.717, 1.165) is 5.56 Å². The summed E-state index contributed by atoms with van der Waals surface area (Å²) in [6.07, 6.45) is 2.09.